The second kappa shape index (κ2) is 4.04. The Balaban J connectivity index is 2.39. The van der Waals surface area contributed by atoms with Crippen LogP contribution >= 0.6 is 0 Å². The van der Waals surface area contributed by atoms with Crippen LogP contribution in [0.5, 0.6) is 0 Å². The van der Waals surface area contributed by atoms with Crippen LogP contribution in [-0.2, 0) is 0 Å². The summed E-state index contributed by atoms with van der Waals surface area (Å²) in [7, 11) is 0. The molecular weight excluding hydrogens is 228 g/mol. The van der Waals surface area contributed by atoms with Gasteiger partial charge < -0.3 is 15.6 Å². The number of rotatable bonds is 3. The van der Waals surface area contributed by atoms with E-state index in [1.807, 2.05) is 0 Å². The van der Waals surface area contributed by atoms with Crippen LogP contribution in [0.25, 0.3) is 0 Å². The third kappa shape index (κ3) is 2.12. The van der Waals surface area contributed by atoms with Gasteiger partial charge in [-0.3, -0.25) is 10.1 Å². The minimum absolute atomic E-state index is 0.0317. The van der Waals surface area contributed by atoms with Gasteiger partial charge in [-0.15, -0.1) is 0 Å². The Morgan fingerprint density at radius 2 is 2.29 bits per heavy atom. The summed E-state index contributed by atoms with van der Waals surface area (Å²) in [6.45, 7) is 1.70. The van der Waals surface area contributed by atoms with Gasteiger partial charge in [-0.25, -0.2) is 9.97 Å². The number of nitro groups is 1. The van der Waals surface area contributed by atoms with Crippen molar-refractivity contribution in [3.8, 4) is 0 Å². The maximum Gasteiger partial charge on any atom is 0.353 e. The first-order valence-electron chi connectivity index (χ1n) is 4.53. The highest BCUT2D eigenvalue weighted by molar-refractivity contribution is 5.71. The van der Waals surface area contributed by atoms with Crippen LogP contribution in [0.4, 0.5) is 23.1 Å². The van der Waals surface area contributed by atoms with Gasteiger partial charge in [-0.2, -0.15) is 0 Å². The minimum Gasteiger partial charge on any atom is -0.378 e. The van der Waals surface area contributed by atoms with Gasteiger partial charge >= 0.3 is 5.69 Å². The van der Waals surface area contributed by atoms with Gasteiger partial charge in [0.25, 0.3) is 0 Å². The molecule has 9 nitrogen and oxygen atoms in total. The van der Waals surface area contributed by atoms with E-state index in [0.717, 1.165) is 6.33 Å². The lowest BCUT2D eigenvalue weighted by atomic mass is 10.4. The van der Waals surface area contributed by atoms with Crippen molar-refractivity contribution in [1.82, 2.24) is 15.1 Å². The van der Waals surface area contributed by atoms with E-state index in [9.17, 15) is 10.1 Å². The number of nitrogens with two attached hydrogens (primary N) is 1. The van der Waals surface area contributed by atoms with Gasteiger partial charge in [-0.1, -0.05) is 5.16 Å². The SMILES string of the molecule is Cc1cc(Nc2ncnc(N)c2[N+](=O)[O-])no1. The predicted octanol–water partition coefficient (Wildman–Crippen LogP) is 1.01. The van der Waals surface area contributed by atoms with Crippen LogP contribution in [0.3, 0.4) is 0 Å². The van der Waals surface area contributed by atoms with E-state index in [-0.39, 0.29) is 11.6 Å². The Bertz CT molecular complexity index is 566. The summed E-state index contributed by atoms with van der Waals surface area (Å²) in [4.78, 5) is 17.4. The van der Waals surface area contributed by atoms with Crippen molar-refractivity contribution in [1.29, 1.82) is 0 Å². The first kappa shape index (κ1) is 10.8. The quantitative estimate of drug-likeness (QED) is 0.595. The van der Waals surface area contributed by atoms with Gasteiger partial charge in [0.1, 0.15) is 12.1 Å². The van der Waals surface area contributed by atoms with E-state index in [1.54, 1.807) is 13.0 Å². The van der Waals surface area contributed by atoms with Gasteiger partial charge in [0.2, 0.25) is 11.6 Å². The fraction of sp³-hybridized carbons (Fsp3) is 0.125. The van der Waals surface area contributed by atoms with Crippen molar-refractivity contribution >= 4 is 23.1 Å². The third-order valence-electron chi connectivity index (χ3n) is 1.91. The number of nitrogens with zero attached hydrogens (tertiary/aromatic N) is 4. The summed E-state index contributed by atoms with van der Waals surface area (Å²) < 4.78 is 4.81. The summed E-state index contributed by atoms with van der Waals surface area (Å²) in [5.74, 6) is 0.629. The van der Waals surface area contributed by atoms with Gasteiger partial charge in [0, 0.05) is 6.07 Å². The average molecular weight is 236 g/mol. The molecule has 0 amide bonds. The van der Waals surface area contributed by atoms with Gasteiger partial charge in [-0.05, 0) is 6.92 Å². The Labute approximate surface area is 94.8 Å². The summed E-state index contributed by atoms with van der Waals surface area (Å²) >= 11 is 0. The second-order valence-corrected chi connectivity index (χ2v) is 3.16. The van der Waals surface area contributed by atoms with Crippen molar-refractivity contribution in [3.05, 3.63) is 28.3 Å². The van der Waals surface area contributed by atoms with Gasteiger partial charge in [0.05, 0.1) is 4.92 Å². The van der Waals surface area contributed by atoms with Crippen LogP contribution in [0.15, 0.2) is 16.9 Å². The van der Waals surface area contributed by atoms with E-state index < -0.39 is 10.6 Å². The van der Waals surface area contributed by atoms with E-state index >= 15 is 0 Å². The Hall–Kier alpha value is -2.71. The highest BCUT2D eigenvalue weighted by Crippen LogP contribution is 2.28. The highest BCUT2D eigenvalue weighted by Gasteiger charge is 2.21. The molecule has 0 saturated heterocycles. The summed E-state index contributed by atoms with van der Waals surface area (Å²) in [6.07, 6.45) is 1.12. The maximum absolute atomic E-state index is 10.8. The molecular formula is C8H8N6O3. The fourth-order valence-corrected chi connectivity index (χ4v) is 1.21. The van der Waals surface area contributed by atoms with Crippen molar-refractivity contribution in [3.63, 3.8) is 0 Å². The molecule has 0 aliphatic carbocycles. The number of aromatic nitrogens is 3. The van der Waals surface area contributed by atoms with E-state index in [1.165, 1.54) is 0 Å². The molecule has 2 aromatic rings. The molecule has 0 saturated carbocycles. The molecule has 0 unspecified atom stereocenters. The van der Waals surface area contributed by atoms with E-state index in [2.05, 4.69) is 20.4 Å². The number of aryl methyl sites for hydroxylation is 1. The number of nitrogens with one attached hydrogen (secondary N) is 1. The third-order valence-corrected chi connectivity index (χ3v) is 1.91. The molecule has 9 heteroatoms. The maximum atomic E-state index is 10.8. The molecule has 0 radical (unpaired) electrons. The molecule has 0 bridgehead atoms. The Kier molecular flexibility index (Phi) is 2.57. The molecule has 0 aromatic carbocycles. The molecule has 0 fully saturated rings. The van der Waals surface area contributed by atoms with Crippen molar-refractivity contribution in [2.75, 3.05) is 11.1 Å². The van der Waals surface area contributed by atoms with Gasteiger partial charge in [0.15, 0.2) is 5.82 Å². The standard InChI is InChI=1S/C8H8N6O3/c1-4-2-5(13-17-4)12-8-6(14(15)16)7(9)10-3-11-8/h2-3H,1H3,(H3,9,10,11,12,13). The normalized spacial score (nSPS) is 10.2. The topological polar surface area (TPSA) is 133 Å². The predicted molar refractivity (Wildman–Crippen MR) is 57.6 cm³/mol. The molecule has 2 heterocycles. The monoisotopic (exact) mass is 236 g/mol. The molecule has 2 rings (SSSR count). The van der Waals surface area contributed by atoms with Crippen LogP contribution in [0.2, 0.25) is 0 Å². The lowest BCUT2D eigenvalue weighted by Crippen LogP contribution is -2.05. The molecule has 0 atom stereocenters. The molecule has 17 heavy (non-hydrogen) atoms. The summed E-state index contributed by atoms with van der Waals surface area (Å²) in [6, 6.07) is 1.57. The van der Waals surface area contributed by atoms with E-state index in [0.29, 0.717) is 11.6 Å². The van der Waals surface area contributed by atoms with Crippen LogP contribution in [-0.4, -0.2) is 20.0 Å². The molecule has 0 aliphatic rings. The zero-order valence-corrected chi connectivity index (χ0v) is 8.75. The lowest BCUT2D eigenvalue weighted by molar-refractivity contribution is -0.383. The summed E-state index contributed by atoms with van der Waals surface area (Å²) in [5.41, 5.74) is 5.01. The van der Waals surface area contributed by atoms with E-state index in [4.69, 9.17) is 10.3 Å². The second-order valence-electron chi connectivity index (χ2n) is 3.16. The zero-order chi connectivity index (χ0) is 12.4. The first-order chi connectivity index (χ1) is 8.08. The molecule has 2 aromatic heterocycles. The number of hydrogen-bond acceptors (Lipinski definition) is 8. The van der Waals surface area contributed by atoms with Crippen LogP contribution < -0.4 is 11.1 Å². The molecule has 0 aliphatic heterocycles. The van der Waals surface area contributed by atoms with Crippen LogP contribution in [0.1, 0.15) is 5.76 Å². The minimum atomic E-state index is -0.662. The molecule has 88 valence electrons. The number of nitrogen functional groups attached to an aromatic ring is 1. The fourth-order valence-electron chi connectivity index (χ4n) is 1.21. The number of anilines is 3. The summed E-state index contributed by atoms with van der Waals surface area (Å²) in [5, 5.41) is 17.1. The Morgan fingerprint density at radius 3 is 2.88 bits per heavy atom. The molecule has 0 spiro atoms. The number of hydrogen-bond donors (Lipinski definition) is 2. The van der Waals surface area contributed by atoms with Crippen molar-refractivity contribution in [2.24, 2.45) is 0 Å². The average Bonchev–Trinajstić information content (AvgIpc) is 2.63. The zero-order valence-electron chi connectivity index (χ0n) is 8.75. The first-order valence-corrected chi connectivity index (χ1v) is 4.53. The van der Waals surface area contributed by atoms with Crippen LogP contribution in [0, 0.1) is 17.0 Å². The molecule has 3 N–H and O–H groups in total. The largest absolute Gasteiger partial charge is 0.378 e. The van der Waals surface area contributed by atoms with Crippen molar-refractivity contribution < 1.29 is 9.45 Å². The lowest BCUT2D eigenvalue weighted by Gasteiger charge is -2.02. The highest BCUT2D eigenvalue weighted by atomic mass is 16.6. The smallest absolute Gasteiger partial charge is 0.353 e. The Morgan fingerprint density at radius 1 is 1.53 bits per heavy atom. The van der Waals surface area contributed by atoms with Crippen molar-refractivity contribution in [2.45, 2.75) is 6.92 Å².